The molecule has 0 radical (unpaired) electrons. The minimum absolute atomic E-state index is 0.0480. The molecule has 0 saturated heterocycles. The summed E-state index contributed by atoms with van der Waals surface area (Å²) >= 11 is 1.37. The molecule has 1 aromatic carbocycles. The number of fused-ring (bicyclic) bond motifs is 1. The topological polar surface area (TPSA) is 61.0 Å². The van der Waals surface area contributed by atoms with E-state index in [0.717, 1.165) is 12.1 Å². The second kappa shape index (κ2) is 4.88. The summed E-state index contributed by atoms with van der Waals surface area (Å²) in [6.07, 6.45) is -4.38. The lowest BCUT2D eigenvalue weighted by atomic mass is 10.2. The molecule has 0 spiro atoms. The van der Waals surface area contributed by atoms with Gasteiger partial charge in [-0.3, -0.25) is 0 Å². The highest BCUT2D eigenvalue weighted by atomic mass is 32.1. The van der Waals surface area contributed by atoms with Crippen LogP contribution in [0.4, 0.5) is 19.1 Å². The van der Waals surface area contributed by atoms with E-state index in [0.29, 0.717) is 10.2 Å². The van der Waals surface area contributed by atoms with Crippen molar-refractivity contribution in [3.63, 3.8) is 0 Å². The van der Waals surface area contributed by atoms with Crippen LogP contribution in [0.25, 0.3) is 10.2 Å². The van der Waals surface area contributed by atoms with Gasteiger partial charge in [0, 0.05) is 0 Å². The van der Waals surface area contributed by atoms with E-state index in [4.69, 9.17) is 10.5 Å². The number of nitrogen functional groups attached to an aromatic ring is 1. The number of nitrogens with two attached hydrogens (primary N) is 1. The van der Waals surface area contributed by atoms with E-state index in [-0.39, 0.29) is 17.6 Å². The number of benzene rings is 1. The maximum atomic E-state index is 12.5. The Morgan fingerprint density at radius 2 is 1.76 bits per heavy atom. The third-order valence-corrected chi connectivity index (χ3v) is 3.51. The quantitative estimate of drug-likeness (QED) is 0.774. The standard InChI is InChI=1S/C13H8F3N3OS/c14-13(15,16)7-1-3-8(4-2-7)20-10-9-5-6-21-11(9)19-12(17)18-10/h1-6H,(H2,17,18,19). The molecule has 3 aromatic rings. The summed E-state index contributed by atoms with van der Waals surface area (Å²) in [5.74, 6) is 0.513. The Kier molecular flexibility index (Phi) is 3.17. The van der Waals surface area contributed by atoms with E-state index in [9.17, 15) is 13.2 Å². The lowest BCUT2D eigenvalue weighted by Crippen LogP contribution is -2.04. The zero-order valence-electron chi connectivity index (χ0n) is 10.4. The molecule has 2 aromatic heterocycles. The first-order valence-electron chi connectivity index (χ1n) is 5.79. The van der Waals surface area contributed by atoms with Crippen LogP contribution in [-0.4, -0.2) is 9.97 Å². The fourth-order valence-corrected chi connectivity index (χ4v) is 2.51. The summed E-state index contributed by atoms with van der Waals surface area (Å²) in [4.78, 5) is 8.67. The van der Waals surface area contributed by atoms with E-state index in [1.807, 2.05) is 0 Å². The minimum atomic E-state index is -4.38. The highest BCUT2D eigenvalue weighted by Gasteiger charge is 2.30. The van der Waals surface area contributed by atoms with E-state index in [2.05, 4.69) is 9.97 Å². The average Bonchev–Trinajstić information content (AvgIpc) is 2.86. The highest BCUT2D eigenvalue weighted by molar-refractivity contribution is 7.16. The Morgan fingerprint density at radius 3 is 2.43 bits per heavy atom. The van der Waals surface area contributed by atoms with Gasteiger partial charge in [0.1, 0.15) is 10.6 Å². The number of alkyl halides is 3. The van der Waals surface area contributed by atoms with Crippen LogP contribution in [0.1, 0.15) is 5.56 Å². The molecule has 0 amide bonds. The van der Waals surface area contributed by atoms with Gasteiger partial charge < -0.3 is 10.5 Å². The SMILES string of the molecule is Nc1nc(Oc2ccc(C(F)(F)F)cc2)c2ccsc2n1. The van der Waals surface area contributed by atoms with Crippen LogP contribution in [0, 0.1) is 0 Å². The van der Waals surface area contributed by atoms with Crippen LogP contribution < -0.4 is 10.5 Å². The number of anilines is 1. The van der Waals surface area contributed by atoms with Crippen molar-refractivity contribution >= 4 is 27.5 Å². The second-order valence-electron chi connectivity index (χ2n) is 4.15. The number of ether oxygens (including phenoxy) is 1. The average molecular weight is 311 g/mol. The fourth-order valence-electron chi connectivity index (χ4n) is 1.75. The van der Waals surface area contributed by atoms with Crippen LogP contribution in [0.3, 0.4) is 0 Å². The summed E-state index contributed by atoms with van der Waals surface area (Å²) in [5.41, 5.74) is 4.84. The van der Waals surface area contributed by atoms with Crippen molar-refractivity contribution in [1.29, 1.82) is 0 Å². The van der Waals surface area contributed by atoms with Gasteiger partial charge in [-0.25, -0.2) is 4.98 Å². The maximum Gasteiger partial charge on any atom is 0.416 e. The van der Waals surface area contributed by atoms with E-state index >= 15 is 0 Å². The van der Waals surface area contributed by atoms with Gasteiger partial charge in [0.05, 0.1) is 10.9 Å². The molecule has 0 unspecified atom stereocenters. The van der Waals surface area contributed by atoms with E-state index in [1.165, 1.54) is 23.5 Å². The zero-order chi connectivity index (χ0) is 15.0. The Labute approximate surface area is 121 Å². The van der Waals surface area contributed by atoms with Crippen molar-refractivity contribution in [3.05, 3.63) is 41.3 Å². The molecular weight excluding hydrogens is 303 g/mol. The normalized spacial score (nSPS) is 11.8. The summed E-state index contributed by atoms with van der Waals surface area (Å²) in [7, 11) is 0. The Balaban J connectivity index is 1.93. The predicted molar refractivity (Wildman–Crippen MR) is 73.3 cm³/mol. The van der Waals surface area contributed by atoms with Crippen molar-refractivity contribution in [2.75, 3.05) is 5.73 Å². The first-order valence-corrected chi connectivity index (χ1v) is 6.67. The second-order valence-corrected chi connectivity index (χ2v) is 5.05. The fraction of sp³-hybridized carbons (Fsp3) is 0.0769. The van der Waals surface area contributed by atoms with Gasteiger partial charge in [-0.2, -0.15) is 18.2 Å². The maximum absolute atomic E-state index is 12.5. The molecule has 108 valence electrons. The first kappa shape index (κ1) is 13.6. The van der Waals surface area contributed by atoms with E-state index in [1.54, 1.807) is 11.4 Å². The summed E-state index contributed by atoms with van der Waals surface area (Å²) in [6.45, 7) is 0. The minimum Gasteiger partial charge on any atom is -0.438 e. The largest absolute Gasteiger partial charge is 0.438 e. The van der Waals surface area contributed by atoms with Crippen LogP contribution in [0.5, 0.6) is 11.6 Å². The van der Waals surface area contributed by atoms with Gasteiger partial charge in [0.15, 0.2) is 0 Å². The van der Waals surface area contributed by atoms with Gasteiger partial charge in [-0.15, -0.1) is 11.3 Å². The van der Waals surface area contributed by atoms with Gasteiger partial charge in [0.2, 0.25) is 11.8 Å². The number of halogens is 3. The van der Waals surface area contributed by atoms with Crippen molar-refractivity contribution in [2.45, 2.75) is 6.18 Å². The van der Waals surface area contributed by atoms with Crippen LogP contribution in [-0.2, 0) is 6.18 Å². The lowest BCUT2D eigenvalue weighted by Gasteiger charge is -2.09. The molecule has 0 bridgehead atoms. The molecule has 0 aliphatic carbocycles. The lowest BCUT2D eigenvalue weighted by molar-refractivity contribution is -0.137. The van der Waals surface area contributed by atoms with Crippen molar-refractivity contribution in [1.82, 2.24) is 9.97 Å². The molecule has 2 N–H and O–H groups in total. The third-order valence-electron chi connectivity index (χ3n) is 2.70. The predicted octanol–water partition coefficient (Wildman–Crippen LogP) is 4.08. The van der Waals surface area contributed by atoms with E-state index < -0.39 is 11.7 Å². The third kappa shape index (κ3) is 2.75. The first-order chi connectivity index (χ1) is 9.93. The number of rotatable bonds is 2. The molecule has 0 atom stereocenters. The number of hydrogen-bond donors (Lipinski definition) is 1. The Bertz CT molecular complexity index is 783. The number of hydrogen-bond acceptors (Lipinski definition) is 5. The molecule has 0 fully saturated rings. The number of nitrogens with zero attached hydrogens (tertiary/aromatic N) is 2. The highest BCUT2D eigenvalue weighted by Crippen LogP contribution is 2.33. The Morgan fingerprint density at radius 1 is 1.05 bits per heavy atom. The summed E-state index contributed by atoms with van der Waals surface area (Å²) < 4.78 is 43.0. The molecule has 8 heteroatoms. The molecule has 3 rings (SSSR count). The molecule has 4 nitrogen and oxygen atoms in total. The van der Waals surface area contributed by atoms with Crippen molar-refractivity contribution in [2.24, 2.45) is 0 Å². The van der Waals surface area contributed by atoms with Crippen LogP contribution in [0.2, 0.25) is 0 Å². The van der Waals surface area contributed by atoms with Crippen molar-refractivity contribution in [3.8, 4) is 11.6 Å². The molecule has 21 heavy (non-hydrogen) atoms. The molecule has 2 heterocycles. The summed E-state index contributed by atoms with van der Waals surface area (Å²) in [5, 5.41) is 2.47. The van der Waals surface area contributed by atoms with Gasteiger partial charge in [-0.05, 0) is 35.7 Å². The number of aromatic nitrogens is 2. The smallest absolute Gasteiger partial charge is 0.416 e. The zero-order valence-corrected chi connectivity index (χ0v) is 11.2. The van der Waals surface area contributed by atoms with Gasteiger partial charge >= 0.3 is 6.18 Å². The van der Waals surface area contributed by atoms with Crippen LogP contribution in [0.15, 0.2) is 35.7 Å². The number of thiophene rings is 1. The summed E-state index contributed by atoms with van der Waals surface area (Å²) in [6, 6.07) is 6.13. The monoisotopic (exact) mass is 311 g/mol. The van der Waals surface area contributed by atoms with Gasteiger partial charge in [-0.1, -0.05) is 0 Å². The van der Waals surface area contributed by atoms with Crippen LogP contribution >= 0.6 is 11.3 Å². The van der Waals surface area contributed by atoms with Gasteiger partial charge in [0.25, 0.3) is 0 Å². The molecule has 0 aliphatic heterocycles. The molecule has 0 saturated carbocycles. The Hall–Kier alpha value is -2.35. The molecular formula is C13H8F3N3OS. The molecule has 0 aliphatic rings. The van der Waals surface area contributed by atoms with Crippen molar-refractivity contribution < 1.29 is 17.9 Å².